The number of carbonyl (C=O) groups excluding carboxylic acids is 3. The van der Waals surface area contributed by atoms with Gasteiger partial charge in [-0.05, 0) is 84.6 Å². The molecule has 3 aromatic rings. The SMILES string of the molecule is CCC(CNC(=O)OC(C)(C)C)C(=O)OCCO[C@]1(c2nnc3ccc([C@@H](N4CCC[C@H]4NC(=O)OC(C)(C)C)C(F)(F)F)cn23)Nc2ccccc2C=C1F. The van der Waals surface area contributed by atoms with Crippen LogP contribution in [0.3, 0.4) is 0 Å². The van der Waals surface area contributed by atoms with Gasteiger partial charge in [0.1, 0.15) is 23.9 Å². The lowest BCUT2D eigenvalue weighted by atomic mass is 10.0. The molecule has 14 nitrogen and oxygen atoms in total. The molecule has 3 N–H and O–H groups in total. The molecule has 56 heavy (non-hydrogen) atoms. The Bertz CT molecular complexity index is 1920. The number of nitrogens with one attached hydrogen (secondary N) is 3. The first-order valence-corrected chi connectivity index (χ1v) is 18.4. The second kappa shape index (κ2) is 16.6. The predicted octanol–water partition coefficient (Wildman–Crippen LogP) is 6.98. The third kappa shape index (κ3) is 10.1. The first kappa shape index (κ1) is 42.2. The Balaban J connectivity index is 1.42. The molecule has 306 valence electrons. The summed E-state index contributed by atoms with van der Waals surface area (Å²) in [5.41, 5.74) is -3.03. The van der Waals surface area contributed by atoms with Crippen molar-refractivity contribution in [3.63, 3.8) is 0 Å². The van der Waals surface area contributed by atoms with Crippen molar-refractivity contribution in [1.29, 1.82) is 0 Å². The van der Waals surface area contributed by atoms with Crippen LogP contribution in [0.4, 0.5) is 32.8 Å². The minimum atomic E-state index is -4.80. The van der Waals surface area contributed by atoms with Crippen LogP contribution in [0, 0.1) is 5.92 Å². The number of nitrogens with zero attached hydrogens (tertiary/aromatic N) is 4. The molecule has 2 aromatic heterocycles. The number of aromatic nitrogens is 3. The Hall–Kier alpha value is -4.97. The summed E-state index contributed by atoms with van der Waals surface area (Å²) in [6, 6.07) is 7.16. The zero-order valence-corrected chi connectivity index (χ0v) is 32.5. The van der Waals surface area contributed by atoms with Crippen molar-refractivity contribution in [2.45, 2.75) is 103 Å². The number of fused-ring (bicyclic) bond motifs is 2. The number of alkyl halides is 3. The highest BCUT2D eigenvalue weighted by Crippen LogP contribution is 2.44. The van der Waals surface area contributed by atoms with Gasteiger partial charge in [-0.1, -0.05) is 31.2 Å². The largest absolute Gasteiger partial charge is 0.463 e. The van der Waals surface area contributed by atoms with Crippen LogP contribution < -0.4 is 16.0 Å². The van der Waals surface area contributed by atoms with E-state index in [1.165, 1.54) is 28.8 Å². The molecule has 2 aliphatic rings. The van der Waals surface area contributed by atoms with Crippen LogP contribution in [0.5, 0.6) is 0 Å². The van der Waals surface area contributed by atoms with Crippen molar-refractivity contribution < 1.29 is 50.9 Å². The van der Waals surface area contributed by atoms with Crippen LogP contribution in [0.25, 0.3) is 11.7 Å². The van der Waals surface area contributed by atoms with Crippen LogP contribution in [-0.4, -0.2) is 87.5 Å². The minimum Gasteiger partial charge on any atom is -0.463 e. The molecule has 0 bridgehead atoms. The average molecular weight is 792 g/mol. The Kier molecular flexibility index (Phi) is 12.5. The maximum Gasteiger partial charge on any atom is 0.408 e. The van der Waals surface area contributed by atoms with E-state index in [4.69, 9.17) is 18.9 Å². The smallest absolute Gasteiger partial charge is 0.408 e. The maximum atomic E-state index is 16.5. The Morgan fingerprint density at radius 1 is 0.982 bits per heavy atom. The summed E-state index contributed by atoms with van der Waals surface area (Å²) in [4.78, 5) is 38.8. The number of anilines is 1. The summed E-state index contributed by atoms with van der Waals surface area (Å²) >= 11 is 0. The molecular formula is C38H49F4N7O7. The van der Waals surface area contributed by atoms with E-state index in [9.17, 15) is 14.4 Å². The molecular weight excluding hydrogens is 742 g/mol. The van der Waals surface area contributed by atoms with Gasteiger partial charge in [-0.25, -0.2) is 14.0 Å². The molecule has 1 saturated heterocycles. The average Bonchev–Trinajstić information content (AvgIpc) is 3.72. The number of amides is 2. The highest BCUT2D eigenvalue weighted by molar-refractivity contribution is 5.75. The summed E-state index contributed by atoms with van der Waals surface area (Å²) in [6.45, 7) is 11.1. The number of rotatable bonds is 12. The molecule has 0 saturated carbocycles. The lowest BCUT2D eigenvalue weighted by Gasteiger charge is -2.36. The van der Waals surface area contributed by atoms with Gasteiger partial charge >= 0.3 is 24.3 Å². The molecule has 0 aliphatic carbocycles. The summed E-state index contributed by atoms with van der Waals surface area (Å²) in [6.07, 6.45) is -3.96. The standard InChI is InChI=1S/C38H49F4N7O7/c1-8-23(21-43-33(51)55-35(2,3)4)31(50)53-18-19-54-37(27(39)20-24-12-9-10-13-26(24)45-37)32-47-46-29-16-15-25(22-49(29)32)30(38(40,41)42)48-17-11-14-28(48)44-34(52)56-36(5,6)7/h9-10,12-13,15-16,20,22-23,28,30,45H,8,11,14,17-19,21H2,1-7H3,(H,43,51)(H,44,52)/t23?,28-,30+,37+/m0/s1. The van der Waals surface area contributed by atoms with Crippen molar-refractivity contribution in [3.8, 4) is 0 Å². The molecule has 1 fully saturated rings. The summed E-state index contributed by atoms with van der Waals surface area (Å²) in [5, 5.41) is 16.5. The number of likely N-dealkylation sites (tertiary alicyclic amines) is 1. The molecule has 2 amide bonds. The van der Waals surface area contributed by atoms with E-state index in [2.05, 4.69) is 26.1 Å². The number of alkyl carbamates (subject to hydrolysis) is 2. The summed E-state index contributed by atoms with van der Waals surface area (Å²) < 4.78 is 84.9. The fraction of sp³-hybridized carbons (Fsp3) is 0.553. The highest BCUT2D eigenvalue weighted by Gasteiger charge is 2.50. The van der Waals surface area contributed by atoms with Crippen LogP contribution >= 0.6 is 0 Å². The number of para-hydroxylation sites is 1. The molecule has 1 aromatic carbocycles. The van der Waals surface area contributed by atoms with Gasteiger partial charge in [-0.15, -0.1) is 10.2 Å². The quantitative estimate of drug-likeness (QED) is 0.0753. The molecule has 0 radical (unpaired) electrons. The first-order valence-electron chi connectivity index (χ1n) is 18.4. The van der Waals surface area contributed by atoms with E-state index in [1.54, 1.807) is 72.7 Å². The topological polar surface area (TPSA) is 158 Å². The third-order valence-electron chi connectivity index (χ3n) is 8.93. The third-order valence-corrected chi connectivity index (χ3v) is 8.93. The van der Waals surface area contributed by atoms with Crippen LogP contribution in [0.15, 0.2) is 48.4 Å². The van der Waals surface area contributed by atoms with Crippen molar-refractivity contribution in [1.82, 2.24) is 30.1 Å². The van der Waals surface area contributed by atoms with Gasteiger partial charge in [0, 0.05) is 30.5 Å². The van der Waals surface area contributed by atoms with Crippen LogP contribution in [0.1, 0.15) is 90.7 Å². The predicted molar refractivity (Wildman–Crippen MR) is 197 cm³/mol. The number of ether oxygens (including phenoxy) is 4. The van der Waals surface area contributed by atoms with E-state index in [-0.39, 0.29) is 49.8 Å². The van der Waals surface area contributed by atoms with E-state index in [1.807, 2.05) is 0 Å². The molecule has 2 aliphatic heterocycles. The normalized spacial score (nSPS) is 20.0. The van der Waals surface area contributed by atoms with Gasteiger partial charge in [0.2, 0.25) is 0 Å². The van der Waals surface area contributed by atoms with Crippen molar-refractivity contribution in [2.75, 3.05) is 31.6 Å². The Morgan fingerprint density at radius 3 is 2.36 bits per heavy atom. The second-order valence-corrected chi connectivity index (χ2v) is 15.6. The molecule has 5 rings (SSSR count). The number of hydrogen-bond donors (Lipinski definition) is 3. The molecule has 4 heterocycles. The Morgan fingerprint density at radius 2 is 1.68 bits per heavy atom. The number of pyridine rings is 1. The van der Waals surface area contributed by atoms with Crippen LogP contribution in [0.2, 0.25) is 0 Å². The summed E-state index contributed by atoms with van der Waals surface area (Å²) in [7, 11) is 0. The molecule has 4 atom stereocenters. The van der Waals surface area contributed by atoms with Crippen molar-refractivity contribution in [2.24, 2.45) is 5.92 Å². The highest BCUT2D eigenvalue weighted by atomic mass is 19.4. The fourth-order valence-electron chi connectivity index (χ4n) is 6.50. The van der Waals surface area contributed by atoms with Gasteiger partial charge in [-0.3, -0.25) is 14.1 Å². The van der Waals surface area contributed by atoms with Gasteiger partial charge in [0.05, 0.1) is 18.7 Å². The van der Waals surface area contributed by atoms with Crippen molar-refractivity contribution in [3.05, 3.63) is 65.4 Å². The molecule has 18 heteroatoms. The number of hydrogen-bond acceptors (Lipinski definition) is 11. The van der Waals surface area contributed by atoms with E-state index in [0.29, 0.717) is 24.1 Å². The van der Waals surface area contributed by atoms with Gasteiger partial charge in [-0.2, -0.15) is 13.2 Å². The number of benzene rings is 1. The monoisotopic (exact) mass is 791 g/mol. The van der Waals surface area contributed by atoms with E-state index < -0.39 is 65.2 Å². The lowest BCUT2D eigenvalue weighted by Crippen LogP contribution is -2.50. The molecule has 1 unspecified atom stereocenters. The number of halogens is 4. The van der Waals surface area contributed by atoms with E-state index in [0.717, 1.165) is 4.90 Å². The van der Waals surface area contributed by atoms with Gasteiger partial charge in [0.25, 0.3) is 5.72 Å². The first-order chi connectivity index (χ1) is 26.2. The second-order valence-electron chi connectivity index (χ2n) is 15.6. The summed E-state index contributed by atoms with van der Waals surface area (Å²) in [5.74, 6) is -2.48. The Labute approximate surface area is 322 Å². The minimum absolute atomic E-state index is 0.0230. The number of carbonyl (C=O) groups is 3. The fourth-order valence-corrected chi connectivity index (χ4v) is 6.50. The molecule has 0 spiro atoms. The van der Waals surface area contributed by atoms with Crippen molar-refractivity contribution >= 4 is 35.6 Å². The van der Waals surface area contributed by atoms with E-state index >= 15 is 17.6 Å². The van der Waals surface area contributed by atoms with Crippen LogP contribution in [-0.2, 0) is 29.5 Å². The maximum absolute atomic E-state index is 16.5. The zero-order valence-electron chi connectivity index (χ0n) is 32.5. The lowest BCUT2D eigenvalue weighted by molar-refractivity contribution is -0.190. The van der Waals surface area contributed by atoms with Gasteiger partial charge in [0.15, 0.2) is 17.3 Å². The zero-order chi connectivity index (χ0) is 41.1. The number of esters is 1. The van der Waals surface area contributed by atoms with Gasteiger partial charge < -0.3 is 34.9 Å².